The molecule has 5 rings (SSSR count). The number of rotatable bonds is 2. The largest absolute Gasteiger partial charge is 0.299 e. The van der Waals surface area contributed by atoms with Gasteiger partial charge in [0, 0.05) is 6.42 Å². The first-order chi connectivity index (χ1) is 12.1. The second-order valence-electron chi connectivity index (χ2n) is 8.51. The molecule has 3 aliphatic rings. The van der Waals surface area contributed by atoms with E-state index in [2.05, 4.69) is 56.3 Å². The second kappa shape index (κ2) is 5.30. The summed E-state index contributed by atoms with van der Waals surface area (Å²) in [6.07, 6.45) is 9.70. The summed E-state index contributed by atoms with van der Waals surface area (Å²) in [5, 5.41) is 2.64. The minimum atomic E-state index is -0.212. The third-order valence-electron chi connectivity index (χ3n) is 7.26. The minimum Gasteiger partial charge on any atom is -0.299 e. The number of carbonyl (C=O) groups is 1. The number of allylic oxidation sites excluding steroid dienone is 2. The highest BCUT2D eigenvalue weighted by atomic mass is 16.1. The average molecular weight is 330 g/mol. The summed E-state index contributed by atoms with van der Waals surface area (Å²) in [4.78, 5) is 13.1. The predicted molar refractivity (Wildman–Crippen MR) is 103 cm³/mol. The van der Waals surface area contributed by atoms with Crippen molar-refractivity contribution in [2.45, 2.75) is 57.3 Å². The third kappa shape index (κ3) is 2.05. The molecule has 1 spiro atoms. The van der Waals surface area contributed by atoms with Crippen molar-refractivity contribution in [2.75, 3.05) is 0 Å². The van der Waals surface area contributed by atoms with Gasteiger partial charge in [-0.1, -0.05) is 50.3 Å². The second-order valence-corrected chi connectivity index (χ2v) is 8.51. The van der Waals surface area contributed by atoms with Crippen molar-refractivity contribution < 1.29 is 4.79 Å². The zero-order valence-corrected chi connectivity index (χ0v) is 15.2. The number of hydrogen-bond acceptors (Lipinski definition) is 1. The van der Waals surface area contributed by atoms with Gasteiger partial charge in [-0.15, -0.1) is 0 Å². The Hall–Kier alpha value is -1.89. The molecule has 1 heteroatoms. The molecular formula is C24H26O. The molecule has 0 N–H and O–H groups in total. The van der Waals surface area contributed by atoms with E-state index in [1.165, 1.54) is 40.3 Å². The number of Topliss-reactive ketones (excluding diaryl/α,β-unsaturated/α-hetero) is 1. The first kappa shape index (κ1) is 15.4. The van der Waals surface area contributed by atoms with Gasteiger partial charge in [-0.05, 0) is 77.0 Å². The van der Waals surface area contributed by atoms with Crippen LogP contribution in [0.1, 0.15) is 62.1 Å². The molecule has 1 fully saturated rings. The van der Waals surface area contributed by atoms with Gasteiger partial charge in [-0.25, -0.2) is 0 Å². The van der Waals surface area contributed by atoms with E-state index in [0.29, 0.717) is 23.5 Å². The molecule has 4 atom stereocenters. The van der Waals surface area contributed by atoms with E-state index in [-0.39, 0.29) is 5.41 Å². The Morgan fingerprint density at radius 1 is 1.12 bits per heavy atom. The van der Waals surface area contributed by atoms with Gasteiger partial charge in [0.1, 0.15) is 5.78 Å². The van der Waals surface area contributed by atoms with Gasteiger partial charge >= 0.3 is 0 Å². The number of fused-ring (bicyclic) bond motifs is 6. The summed E-state index contributed by atoms with van der Waals surface area (Å²) >= 11 is 0. The lowest BCUT2D eigenvalue weighted by molar-refractivity contribution is -0.126. The van der Waals surface area contributed by atoms with Crippen LogP contribution in [0.2, 0.25) is 0 Å². The van der Waals surface area contributed by atoms with Gasteiger partial charge in [0.15, 0.2) is 0 Å². The fourth-order valence-electron chi connectivity index (χ4n) is 5.64. The Balaban J connectivity index is 1.69. The van der Waals surface area contributed by atoms with Crippen LogP contribution in [0, 0.1) is 11.8 Å². The molecule has 3 aliphatic carbocycles. The molecule has 2 aromatic rings. The predicted octanol–water partition coefficient (Wildman–Crippen LogP) is 5.70. The summed E-state index contributed by atoms with van der Waals surface area (Å²) in [6.45, 7) is 4.55. The first-order valence-electron chi connectivity index (χ1n) is 9.90. The summed E-state index contributed by atoms with van der Waals surface area (Å²) in [5.41, 5.74) is 3.99. The lowest BCUT2D eigenvalue weighted by Crippen LogP contribution is -2.43. The molecule has 0 saturated heterocycles. The van der Waals surface area contributed by atoms with Crippen molar-refractivity contribution in [1.29, 1.82) is 0 Å². The van der Waals surface area contributed by atoms with Crippen molar-refractivity contribution in [3.05, 3.63) is 59.2 Å². The van der Waals surface area contributed by atoms with Crippen LogP contribution in [0.25, 0.3) is 10.8 Å². The molecule has 0 amide bonds. The summed E-state index contributed by atoms with van der Waals surface area (Å²) in [6, 6.07) is 11.7. The number of carbonyl (C=O) groups excluding carboxylic acids is 1. The number of benzene rings is 2. The summed E-state index contributed by atoms with van der Waals surface area (Å²) in [5.74, 6) is 2.14. The zero-order chi connectivity index (χ0) is 17.2. The molecular weight excluding hydrogens is 304 g/mol. The summed E-state index contributed by atoms with van der Waals surface area (Å²) in [7, 11) is 0. The molecule has 1 nitrogen and oxygen atoms in total. The van der Waals surface area contributed by atoms with Crippen molar-refractivity contribution in [1.82, 2.24) is 0 Å². The van der Waals surface area contributed by atoms with Crippen LogP contribution in [0.15, 0.2) is 42.5 Å². The van der Waals surface area contributed by atoms with Crippen molar-refractivity contribution in [3.8, 4) is 0 Å². The topological polar surface area (TPSA) is 17.1 Å². The Bertz CT molecular complexity index is 906. The van der Waals surface area contributed by atoms with Gasteiger partial charge in [-0.3, -0.25) is 4.79 Å². The Morgan fingerprint density at radius 2 is 2.00 bits per heavy atom. The van der Waals surface area contributed by atoms with Crippen molar-refractivity contribution >= 4 is 16.6 Å². The monoisotopic (exact) mass is 330 g/mol. The standard InChI is InChI=1S/C24H26O/c1-3-15(2)17-5-6-18-13-22-19(12-20(18)11-17)7-9-23(25)24(22)14-16-4-8-21(24)10-16/h4-6,8,11-13,15-16,21H,3,7,9-10,14H2,1-2H3. The van der Waals surface area contributed by atoms with E-state index in [1.54, 1.807) is 0 Å². The van der Waals surface area contributed by atoms with E-state index >= 15 is 0 Å². The van der Waals surface area contributed by atoms with Crippen LogP contribution in [-0.2, 0) is 16.6 Å². The number of ketones is 1. The molecule has 0 heterocycles. The lowest BCUT2D eigenvalue weighted by atomic mass is 9.62. The highest BCUT2D eigenvalue weighted by Gasteiger charge is 2.55. The van der Waals surface area contributed by atoms with Crippen LogP contribution in [0.4, 0.5) is 0 Å². The highest BCUT2D eigenvalue weighted by molar-refractivity contribution is 5.96. The Kier molecular flexibility index (Phi) is 3.26. The van der Waals surface area contributed by atoms with Crippen molar-refractivity contribution in [3.63, 3.8) is 0 Å². The SMILES string of the molecule is CCC(C)c1ccc2cc3c(cc2c1)CCC(=O)C31CC2C=CC1C2. The van der Waals surface area contributed by atoms with E-state index in [9.17, 15) is 4.79 Å². The van der Waals surface area contributed by atoms with E-state index < -0.39 is 0 Å². The van der Waals surface area contributed by atoms with E-state index in [4.69, 9.17) is 0 Å². The van der Waals surface area contributed by atoms with Crippen LogP contribution < -0.4 is 0 Å². The van der Waals surface area contributed by atoms with Gasteiger partial charge < -0.3 is 0 Å². The molecule has 4 unspecified atom stereocenters. The maximum Gasteiger partial charge on any atom is 0.144 e. The average Bonchev–Trinajstić information content (AvgIpc) is 3.25. The molecule has 0 aromatic heterocycles. The molecule has 0 aliphatic heterocycles. The Labute approximate surface area is 150 Å². The first-order valence-corrected chi connectivity index (χ1v) is 9.90. The fraction of sp³-hybridized carbons (Fsp3) is 0.458. The molecule has 1 saturated carbocycles. The van der Waals surface area contributed by atoms with Crippen LogP contribution >= 0.6 is 0 Å². The lowest BCUT2D eigenvalue weighted by Gasteiger charge is -2.39. The van der Waals surface area contributed by atoms with E-state index in [0.717, 1.165) is 19.3 Å². The fourth-order valence-corrected chi connectivity index (χ4v) is 5.64. The highest BCUT2D eigenvalue weighted by Crippen LogP contribution is 2.57. The molecule has 25 heavy (non-hydrogen) atoms. The van der Waals surface area contributed by atoms with E-state index in [1.807, 2.05) is 0 Å². The van der Waals surface area contributed by atoms with Crippen LogP contribution in [0.3, 0.4) is 0 Å². The summed E-state index contributed by atoms with van der Waals surface area (Å²) < 4.78 is 0. The van der Waals surface area contributed by atoms with Gasteiger partial charge in [0.2, 0.25) is 0 Å². The van der Waals surface area contributed by atoms with Crippen molar-refractivity contribution in [2.24, 2.45) is 11.8 Å². The molecule has 2 aromatic carbocycles. The maximum atomic E-state index is 13.1. The van der Waals surface area contributed by atoms with Crippen LogP contribution in [0.5, 0.6) is 0 Å². The molecule has 128 valence electrons. The van der Waals surface area contributed by atoms with Gasteiger partial charge in [-0.2, -0.15) is 0 Å². The maximum absolute atomic E-state index is 13.1. The number of hydrogen-bond donors (Lipinski definition) is 0. The quantitative estimate of drug-likeness (QED) is 0.645. The van der Waals surface area contributed by atoms with Gasteiger partial charge in [0.05, 0.1) is 5.41 Å². The third-order valence-corrected chi connectivity index (χ3v) is 7.26. The molecule has 0 radical (unpaired) electrons. The Morgan fingerprint density at radius 3 is 2.72 bits per heavy atom. The molecule has 2 bridgehead atoms. The van der Waals surface area contributed by atoms with Gasteiger partial charge in [0.25, 0.3) is 0 Å². The minimum absolute atomic E-state index is 0.212. The zero-order valence-electron chi connectivity index (χ0n) is 15.2. The van der Waals surface area contributed by atoms with Crippen LogP contribution in [-0.4, -0.2) is 5.78 Å². The normalized spacial score (nSPS) is 31.0. The smallest absolute Gasteiger partial charge is 0.144 e. The number of aryl methyl sites for hydroxylation is 1.